The standard InChI is InChI=1S/C8H12N4O2/c1-5(8(13)14-2)12-7-6(9)10-3-4-11-7/h3-5H,1-2H3,(H2,9,10)(H,11,12). The molecule has 1 aromatic rings. The van der Waals surface area contributed by atoms with Crippen LogP contribution < -0.4 is 11.1 Å². The maximum atomic E-state index is 11.1. The Hall–Kier alpha value is -1.85. The molecule has 76 valence electrons. The molecule has 0 aliphatic carbocycles. The fourth-order valence-corrected chi connectivity index (χ4v) is 0.901. The van der Waals surface area contributed by atoms with Crippen molar-refractivity contribution >= 4 is 17.6 Å². The second kappa shape index (κ2) is 4.40. The van der Waals surface area contributed by atoms with Crippen LogP contribution in [0.2, 0.25) is 0 Å². The zero-order valence-electron chi connectivity index (χ0n) is 8.02. The van der Waals surface area contributed by atoms with E-state index in [1.54, 1.807) is 6.92 Å². The lowest BCUT2D eigenvalue weighted by Gasteiger charge is -2.12. The summed E-state index contributed by atoms with van der Waals surface area (Å²) in [5.41, 5.74) is 5.52. The van der Waals surface area contributed by atoms with E-state index >= 15 is 0 Å². The van der Waals surface area contributed by atoms with Crippen LogP contribution in [-0.2, 0) is 9.53 Å². The summed E-state index contributed by atoms with van der Waals surface area (Å²) in [7, 11) is 1.32. The minimum atomic E-state index is -0.501. The highest BCUT2D eigenvalue weighted by molar-refractivity contribution is 5.79. The summed E-state index contributed by atoms with van der Waals surface area (Å²) >= 11 is 0. The average molecular weight is 196 g/mol. The predicted octanol–water partition coefficient (Wildman–Crippen LogP) is 0.0322. The molecular weight excluding hydrogens is 184 g/mol. The Bertz CT molecular complexity index is 329. The van der Waals surface area contributed by atoms with Crippen LogP contribution in [-0.4, -0.2) is 29.1 Å². The highest BCUT2D eigenvalue weighted by atomic mass is 16.5. The second-order valence-corrected chi connectivity index (χ2v) is 2.68. The first kappa shape index (κ1) is 10.2. The molecule has 14 heavy (non-hydrogen) atoms. The molecule has 3 N–H and O–H groups in total. The van der Waals surface area contributed by atoms with E-state index in [9.17, 15) is 4.79 Å². The predicted molar refractivity (Wildman–Crippen MR) is 51.5 cm³/mol. The van der Waals surface area contributed by atoms with Crippen molar-refractivity contribution < 1.29 is 9.53 Å². The number of nitrogens with zero attached hydrogens (tertiary/aromatic N) is 2. The van der Waals surface area contributed by atoms with Crippen LogP contribution in [0.4, 0.5) is 11.6 Å². The number of anilines is 2. The van der Waals surface area contributed by atoms with Gasteiger partial charge in [-0.1, -0.05) is 0 Å². The van der Waals surface area contributed by atoms with Crippen molar-refractivity contribution in [1.82, 2.24) is 9.97 Å². The van der Waals surface area contributed by atoms with E-state index in [2.05, 4.69) is 20.0 Å². The number of rotatable bonds is 3. The van der Waals surface area contributed by atoms with Crippen molar-refractivity contribution in [2.24, 2.45) is 0 Å². The molecule has 1 unspecified atom stereocenters. The van der Waals surface area contributed by atoms with E-state index in [0.29, 0.717) is 5.82 Å². The normalized spacial score (nSPS) is 11.9. The Morgan fingerprint density at radius 1 is 1.57 bits per heavy atom. The van der Waals surface area contributed by atoms with Gasteiger partial charge in [0.2, 0.25) is 0 Å². The van der Waals surface area contributed by atoms with Gasteiger partial charge < -0.3 is 15.8 Å². The number of ether oxygens (including phenoxy) is 1. The number of esters is 1. The summed E-state index contributed by atoms with van der Waals surface area (Å²) in [4.78, 5) is 18.8. The fraction of sp³-hybridized carbons (Fsp3) is 0.375. The van der Waals surface area contributed by atoms with Gasteiger partial charge in [0.1, 0.15) is 6.04 Å². The minimum absolute atomic E-state index is 0.253. The van der Waals surface area contributed by atoms with Crippen LogP contribution in [0.3, 0.4) is 0 Å². The van der Waals surface area contributed by atoms with Crippen molar-refractivity contribution in [3.8, 4) is 0 Å². The van der Waals surface area contributed by atoms with E-state index in [4.69, 9.17) is 5.73 Å². The molecule has 0 radical (unpaired) electrons. The zero-order chi connectivity index (χ0) is 10.6. The lowest BCUT2D eigenvalue weighted by atomic mass is 10.3. The topological polar surface area (TPSA) is 90.1 Å². The Kier molecular flexibility index (Phi) is 3.22. The van der Waals surface area contributed by atoms with E-state index < -0.39 is 6.04 Å². The third-order valence-electron chi connectivity index (χ3n) is 1.63. The maximum Gasteiger partial charge on any atom is 0.328 e. The molecule has 1 aromatic heterocycles. The van der Waals surface area contributed by atoms with Gasteiger partial charge in [-0.2, -0.15) is 0 Å². The van der Waals surface area contributed by atoms with E-state index in [1.807, 2.05) is 0 Å². The SMILES string of the molecule is COC(=O)C(C)Nc1nccnc1N. The number of hydrogen-bond donors (Lipinski definition) is 2. The summed E-state index contributed by atoms with van der Waals surface area (Å²) in [5, 5.41) is 2.79. The van der Waals surface area contributed by atoms with Gasteiger partial charge in [0.15, 0.2) is 11.6 Å². The Morgan fingerprint density at radius 3 is 2.79 bits per heavy atom. The quantitative estimate of drug-likeness (QED) is 0.663. The van der Waals surface area contributed by atoms with Crippen molar-refractivity contribution in [1.29, 1.82) is 0 Å². The van der Waals surface area contributed by atoms with Gasteiger partial charge in [-0.3, -0.25) is 0 Å². The second-order valence-electron chi connectivity index (χ2n) is 2.68. The van der Waals surface area contributed by atoms with Crippen LogP contribution in [0.15, 0.2) is 12.4 Å². The molecule has 6 nitrogen and oxygen atoms in total. The molecule has 0 saturated carbocycles. The first-order valence-corrected chi connectivity index (χ1v) is 4.06. The van der Waals surface area contributed by atoms with Crippen LogP contribution in [0.1, 0.15) is 6.92 Å². The van der Waals surface area contributed by atoms with Gasteiger partial charge in [0.25, 0.3) is 0 Å². The largest absolute Gasteiger partial charge is 0.467 e. The van der Waals surface area contributed by atoms with Crippen LogP contribution >= 0.6 is 0 Å². The Morgan fingerprint density at radius 2 is 2.21 bits per heavy atom. The summed E-state index contributed by atoms with van der Waals surface area (Å²) < 4.78 is 4.53. The van der Waals surface area contributed by atoms with Gasteiger partial charge in [0.05, 0.1) is 7.11 Å². The summed E-state index contributed by atoms with van der Waals surface area (Å²) in [5.74, 6) is 0.253. The summed E-state index contributed by atoms with van der Waals surface area (Å²) in [6.45, 7) is 1.65. The first-order valence-electron chi connectivity index (χ1n) is 4.06. The van der Waals surface area contributed by atoms with Crippen LogP contribution in [0.25, 0.3) is 0 Å². The average Bonchev–Trinajstić information content (AvgIpc) is 2.20. The van der Waals surface area contributed by atoms with Gasteiger partial charge in [-0.15, -0.1) is 0 Å². The Labute approximate surface area is 81.5 Å². The van der Waals surface area contributed by atoms with Crippen molar-refractivity contribution in [2.45, 2.75) is 13.0 Å². The smallest absolute Gasteiger partial charge is 0.328 e. The molecule has 0 aliphatic rings. The number of carbonyl (C=O) groups is 1. The number of aromatic nitrogens is 2. The van der Waals surface area contributed by atoms with Gasteiger partial charge in [-0.25, -0.2) is 14.8 Å². The van der Waals surface area contributed by atoms with Gasteiger partial charge in [0, 0.05) is 12.4 Å². The molecule has 0 fully saturated rings. The Balaban J connectivity index is 2.69. The summed E-state index contributed by atoms with van der Waals surface area (Å²) in [6.07, 6.45) is 2.96. The lowest BCUT2D eigenvalue weighted by Crippen LogP contribution is -2.28. The lowest BCUT2D eigenvalue weighted by molar-refractivity contribution is -0.141. The number of nitrogens with one attached hydrogen (secondary N) is 1. The third kappa shape index (κ3) is 2.32. The maximum absolute atomic E-state index is 11.1. The number of nitrogen functional groups attached to an aromatic ring is 1. The molecule has 0 aliphatic heterocycles. The van der Waals surface area contributed by atoms with Crippen molar-refractivity contribution in [3.63, 3.8) is 0 Å². The molecule has 0 bridgehead atoms. The fourth-order valence-electron chi connectivity index (χ4n) is 0.901. The van der Waals surface area contributed by atoms with Gasteiger partial charge in [-0.05, 0) is 6.92 Å². The monoisotopic (exact) mass is 196 g/mol. The van der Waals surface area contributed by atoms with Gasteiger partial charge >= 0.3 is 5.97 Å². The molecular formula is C8H12N4O2. The number of methoxy groups -OCH3 is 1. The van der Waals surface area contributed by atoms with Crippen LogP contribution in [0, 0.1) is 0 Å². The highest BCUT2D eigenvalue weighted by Crippen LogP contribution is 2.10. The zero-order valence-corrected chi connectivity index (χ0v) is 8.02. The molecule has 1 rings (SSSR count). The van der Waals surface area contributed by atoms with E-state index in [-0.39, 0.29) is 11.8 Å². The number of nitrogens with two attached hydrogens (primary N) is 1. The van der Waals surface area contributed by atoms with Crippen molar-refractivity contribution in [2.75, 3.05) is 18.2 Å². The number of hydrogen-bond acceptors (Lipinski definition) is 6. The highest BCUT2D eigenvalue weighted by Gasteiger charge is 2.14. The minimum Gasteiger partial charge on any atom is -0.467 e. The molecule has 1 atom stereocenters. The number of carbonyl (C=O) groups excluding carboxylic acids is 1. The molecule has 0 aromatic carbocycles. The van der Waals surface area contributed by atoms with E-state index in [0.717, 1.165) is 0 Å². The first-order chi connectivity index (χ1) is 6.65. The van der Waals surface area contributed by atoms with Crippen LogP contribution in [0.5, 0.6) is 0 Å². The molecule has 0 spiro atoms. The molecule has 1 heterocycles. The third-order valence-corrected chi connectivity index (χ3v) is 1.63. The molecule has 0 saturated heterocycles. The summed E-state index contributed by atoms with van der Waals surface area (Å²) in [6, 6.07) is -0.501. The van der Waals surface area contributed by atoms with E-state index in [1.165, 1.54) is 19.5 Å². The van der Waals surface area contributed by atoms with Crippen molar-refractivity contribution in [3.05, 3.63) is 12.4 Å². The molecule has 6 heteroatoms. The molecule has 0 amide bonds.